The molecule has 1 aliphatic rings. The second-order valence-corrected chi connectivity index (χ2v) is 8.66. The predicted octanol–water partition coefficient (Wildman–Crippen LogP) is 3.74. The second kappa shape index (κ2) is 5.90. The monoisotopic (exact) mass is 307 g/mol. The maximum atomic E-state index is 12.4. The normalized spacial score (nSPS) is 19.1. The molecule has 18 heavy (non-hydrogen) atoms. The summed E-state index contributed by atoms with van der Waals surface area (Å²) in [6, 6.07) is 3.37. The molecular formula is C12H18ClNO2S2. The molecule has 0 spiro atoms. The summed E-state index contributed by atoms with van der Waals surface area (Å²) in [5, 5.41) is 0. The summed E-state index contributed by atoms with van der Waals surface area (Å²) in [6.45, 7) is 0. The Morgan fingerprint density at radius 1 is 1.22 bits per heavy atom. The summed E-state index contributed by atoms with van der Waals surface area (Å²) in [5.74, 6) is 0. The van der Waals surface area contributed by atoms with E-state index in [9.17, 15) is 8.42 Å². The number of sulfonamides is 1. The van der Waals surface area contributed by atoms with Crippen molar-refractivity contribution in [2.24, 2.45) is 0 Å². The average Bonchev–Trinajstić information content (AvgIpc) is 2.63. The van der Waals surface area contributed by atoms with Crippen LogP contribution >= 0.6 is 22.9 Å². The summed E-state index contributed by atoms with van der Waals surface area (Å²) in [7, 11) is -1.67. The van der Waals surface area contributed by atoms with Crippen molar-refractivity contribution < 1.29 is 8.42 Å². The number of rotatable bonds is 3. The zero-order valence-electron chi connectivity index (χ0n) is 10.4. The third kappa shape index (κ3) is 3.07. The third-order valence-corrected chi connectivity index (χ3v) is 7.13. The second-order valence-electron chi connectivity index (χ2n) is 4.73. The minimum absolute atomic E-state index is 0.137. The smallest absolute Gasteiger partial charge is 0.206 e. The Bertz CT molecular complexity index is 490. The fourth-order valence-corrected chi connectivity index (χ4v) is 5.48. The quantitative estimate of drug-likeness (QED) is 0.798. The van der Waals surface area contributed by atoms with Crippen molar-refractivity contribution in [3.63, 3.8) is 0 Å². The Morgan fingerprint density at radius 3 is 2.33 bits per heavy atom. The molecular weight excluding hydrogens is 290 g/mol. The van der Waals surface area contributed by atoms with Gasteiger partial charge in [0.15, 0.2) is 0 Å². The molecule has 1 fully saturated rings. The minimum atomic E-state index is -3.37. The first-order valence-electron chi connectivity index (χ1n) is 6.25. The maximum Gasteiger partial charge on any atom is 0.252 e. The highest BCUT2D eigenvalue weighted by Crippen LogP contribution is 2.31. The highest BCUT2D eigenvalue weighted by atomic mass is 35.5. The van der Waals surface area contributed by atoms with Gasteiger partial charge in [0.05, 0.1) is 4.34 Å². The van der Waals surface area contributed by atoms with Gasteiger partial charge in [0, 0.05) is 13.1 Å². The molecule has 1 aliphatic carbocycles. The summed E-state index contributed by atoms with van der Waals surface area (Å²) in [5.41, 5.74) is 0. The van der Waals surface area contributed by atoms with E-state index in [-0.39, 0.29) is 6.04 Å². The summed E-state index contributed by atoms with van der Waals surface area (Å²) in [6.07, 6.45) is 6.61. The van der Waals surface area contributed by atoms with Crippen molar-refractivity contribution in [1.82, 2.24) is 4.31 Å². The van der Waals surface area contributed by atoms with Crippen molar-refractivity contribution >= 4 is 33.0 Å². The number of nitrogens with zero attached hydrogens (tertiary/aromatic N) is 1. The minimum Gasteiger partial charge on any atom is -0.206 e. The molecule has 0 N–H and O–H groups in total. The number of hydrogen-bond acceptors (Lipinski definition) is 3. The van der Waals surface area contributed by atoms with Crippen LogP contribution in [-0.2, 0) is 10.0 Å². The van der Waals surface area contributed by atoms with Crippen LogP contribution in [0.25, 0.3) is 0 Å². The SMILES string of the molecule is CN(C1CCCCCC1)S(=O)(=O)c1ccc(Cl)s1. The van der Waals surface area contributed by atoms with E-state index in [1.165, 1.54) is 12.8 Å². The van der Waals surface area contributed by atoms with E-state index in [2.05, 4.69) is 0 Å². The summed E-state index contributed by atoms with van der Waals surface area (Å²) >= 11 is 6.95. The van der Waals surface area contributed by atoms with Gasteiger partial charge in [-0.3, -0.25) is 0 Å². The van der Waals surface area contributed by atoms with Crippen molar-refractivity contribution in [2.45, 2.75) is 48.8 Å². The molecule has 0 atom stereocenters. The van der Waals surface area contributed by atoms with Crippen LogP contribution in [0.3, 0.4) is 0 Å². The molecule has 1 saturated carbocycles. The zero-order valence-corrected chi connectivity index (χ0v) is 12.8. The molecule has 102 valence electrons. The summed E-state index contributed by atoms with van der Waals surface area (Å²) < 4.78 is 27.3. The van der Waals surface area contributed by atoms with E-state index < -0.39 is 10.0 Å². The maximum absolute atomic E-state index is 12.4. The van der Waals surface area contributed by atoms with E-state index in [0.717, 1.165) is 37.0 Å². The molecule has 0 radical (unpaired) electrons. The molecule has 1 aromatic rings. The molecule has 1 heterocycles. The van der Waals surface area contributed by atoms with Crippen LogP contribution in [0.1, 0.15) is 38.5 Å². The van der Waals surface area contributed by atoms with Crippen LogP contribution in [0.4, 0.5) is 0 Å². The van der Waals surface area contributed by atoms with Crippen molar-refractivity contribution in [3.8, 4) is 0 Å². The molecule has 0 aromatic carbocycles. The van der Waals surface area contributed by atoms with Gasteiger partial charge < -0.3 is 0 Å². The molecule has 1 aromatic heterocycles. The van der Waals surface area contributed by atoms with Gasteiger partial charge in [0.1, 0.15) is 4.21 Å². The van der Waals surface area contributed by atoms with Crippen molar-refractivity contribution in [1.29, 1.82) is 0 Å². The third-order valence-electron chi connectivity index (χ3n) is 3.52. The van der Waals surface area contributed by atoms with Gasteiger partial charge in [-0.25, -0.2) is 8.42 Å². The summed E-state index contributed by atoms with van der Waals surface area (Å²) in [4.78, 5) is 0. The number of hydrogen-bond donors (Lipinski definition) is 0. The van der Waals surface area contributed by atoms with Crippen LogP contribution in [-0.4, -0.2) is 25.8 Å². The highest BCUT2D eigenvalue weighted by Gasteiger charge is 2.29. The lowest BCUT2D eigenvalue weighted by Gasteiger charge is -2.25. The average molecular weight is 308 g/mol. The van der Waals surface area contributed by atoms with Gasteiger partial charge in [-0.15, -0.1) is 11.3 Å². The molecule has 2 rings (SSSR count). The van der Waals surface area contributed by atoms with E-state index in [0.29, 0.717) is 8.55 Å². The fraction of sp³-hybridized carbons (Fsp3) is 0.667. The fourth-order valence-electron chi connectivity index (χ4n) is 2.40. The van der Waals surface area contributed by atoms with Crippen LogP contribution < -0.4 is 0 Å². The zero-order chi connectivity index (χ0) is 13.2. The van der Waals surface area contributed by atoms with E-state index in [1.54, 1.807) is 23.5 Å². The van der Waals surface area contributed by atoms with Gasteiger partial charge in [0.2, 0.25) is 0 Å². The van der Waals surface area contributed by atoms with Gasteiger partial charge >= 0.3 is 0 Å². The van der Waals surface area contributed by atoms with Crippen LogP contribution in [0.5, 0.6) is 0 Å². The number of halogens is 1. The molecule has 0 unspecified atom stereocenters. The molecule has 0 saturated heterocycles. The lowest BCUT2D eigenvalue weighted by atomic mass is 10.1. The molecule has 3 nitrogen and oxygen atoms in total. The van der Waals surface area contributed by atoms with Crippen molar-refractivity contribution in [2.75, 3.05) is 7.05 Å². The van der Waals surface area contributed by atoms with Crippen LogP contribution in [0.15, 0.2) is 16.3 Å². The van der Waals surface area contributed by atoms with E-state index in [4.69, 9.17) is 11.6 Å². The van der Waals surface area contributed by atoms with Crippen molar-refractivity contribution in [3.05, 3.63) is 16.5 Å². The molecule has 0 aliphatic heterocycles. The topological polar surface area (TPSA) is 37.4 Å². The van der Waals surface area contributed by atoms with Gasteiger partial charge in [-0.1, -0.05) is 37.3 Å². The van der Waals surface area contributed by atoms with Crippen LogP contribution in [0, 0.1) is 0 Å². The standard InChI is InChI=1S/C12H18ClNO2S2/c1-14(10-6-4-2-3-5-7-10)18(15,16)12-9-8-11(13)17-12/h8-10H,2-7H2,1H3. The molecule has 0 amide bonds. The van der Waals surface area contributed by atoms with Gasteiger partial charge in [0.25, 0.3) is 10.0 Å². The lowest BCUT2D eigenvalue weighted by Crippen LogP contribution is -2.36. The molecule has 0 bridgehead atoms. The van der Waals surface area contributed by atoms with Gasteiger partial charge in [-0.2, -0.15) is 4.31 Å². The number of thiophene rings is 1. The Labute approximate surface area is 118 Å². The first-order valence-corrected chi connectivity index (χ1v) is 8.88. The Morgan fingerprint density at radius 2 is 1.83 bits per heavy atom. The van der Waals surface area contributed by atoms with Gasteiger partial charge in [-0.05, 0) is 25.0 Å². The van der Waals surface area contributed by atoms with E-state index in [1.807, 2.05) is 0 Å². The Balaban J connectivity index is 2.18. The van der Waals surface area contributed by atoms with E-state index >= 15 is 0 Å². The largest absolute Gasteiger partial charge is 0.252 e. The lowest BCUT2D eigenvalue weighted by molar-refractivity contribution is 0.336. The first kappa shape index (κ1) is 14.3. The molecule has 6 heteroatoms. The Hall–Kier alpha value is -0.100. The highest BCUT2D eigenvalue weighted by molar-refractivity contribution is 7.91. The predicted molar refractivity (Wildman–Crippen MR) is 75.8 cm³/mol. The van der Waals surface area contributed by atoms with Crippen LogP contribution in [0.2, 0.25) is 4.34 Å². The first-order chi connectivity index (χ1) is 8.51. The Kier molecular flexibility index (Phi) is 4.69.